The predicted molar refractivity (Wildman–Crippen MR) is 45.5 cm³/mol. The number of nitrogens with two attached hydrogens (primary N) is 1. The van der Waals surface area contributed by atoms with Crippen molar-refractivity contribution in [1.29, 1.82) is 0 Å². The zero-order valence-electron chi connectivity index (χ0n) is 6.45. The van der Waals surface area contributed by atoms with Gasteiger partial charge in [-0.3, -0.25) is 0 Å². The lowest BCUT2D eigenvalue weighted by Crippen LogP contribution is -2.07. The Morgan fingerprint density at radius 1 is 1.82 bits per heavy atom. The standard InChI is InChI=1S/C7H12N2OS/c1-5-7(9-4-11-5)6(10)2-3-8/h4,6,10H,2-3,8H2,1H3. The normalized spacial score (nSPS) is 13.4. The van der Waals surface area contributed by atoms with E-state index in [0.29, 0.717) is 13.0 Å². The maximum atomic E-state index is 9.45. The quantitative estimate of drug-likeness (QED) is 0.710. The van der Waals surface area contributed by atoms with Crippen molar-refractivity contribution in [1.82, 2.24) is 4.98 Å². The molecule has 0 amide bonds. The highest BCUT2D eigenvalue weighted by atomic mass is 32.1. The maximum Gasteiger partial charge on any atom is 0.0983 e. The van der Waals surface area contributed by atoms with Crippen molar-refractivity contribution in [3.8, 4) is 0 Å². The lowest BCUT2D eigenvalue weighted by Gasteiger charge is -2.05. The summed E-state index contributed by atoms with van der Waals surface area (Å²) in [6.07, 6.45) is 0.108. The lowest BCUT2D eigenvalue weighted by molar-refractivity contribution is 0.165. The van der Waals surface area contributed by atoms with Gasteiger partial charge in [0.2, 0.25) is 0 Å². The van der Waals surface area contributed by atoms with Crippen LogP contribution in [-0.2, 0) is 0 Å². The Labute approximate surface area is 69.9 Å². The number of aromatic nitrogens is 1. The van der Waals surface area contributed by atoms with Crippen LogP contribution in [0, 0.1) is 6.92 Å². The van der Waals surface area contributed by atoms with Crippen molar-refractivity contribution in [2.45, 2.75) is 19.4 Å². The minimum atomic E-state index is -0.480. The van der Waals surface area contributed by atoms with E-state index in [1.165, 1.54) is 0 Å². The van der Waals surface area contributed by atoms with E-state index in [1.807, 2.05) is 6.92 Å². The summed E-state index contributed by atoms with van der Waals surface area (Å²) in [5, 5.41) is 9.45. The third kappa shape index (κ3) is 1.99. The molecule has 0 radical (unpaired) electrons. The van der Waals surface area contributed by atoms with Crippen LogP contribution in [0.2, 0.25) is 0 Å². The summed E-state index contributed by atoms with van der Waals surface area (Å²) in [5.74, 6) is 0. The fourth-order valence-electron chi connectivity index (χ4n) is 0.929. The molecule has 0 aliphatic carbocycles. The Morgan fingerprint density at radius 3 is 3.00 bits per heavy atom. The summed E-state index contributed by atoms with van der Waals surface area (Å²) >= 11 is 1.55. The molecule has 0 saturated heterocycles. The topological polar surface area (TPSA) is 59.1 Å². The van der Waals surface area contributed by atoms with E-state index < -0.39 is 6.10 Å². The summed E-state index contributed by atoms with van der Waals surface area (Å²) in [6.45, 7) is 2.45. The molecule has 1 heterocycles. The second kappa shape index (κ2) is 3.80. The zero-order valence-corrected chi connectivity index (χ0v) is 7.27. The number of aliphatic hydroxyl groups excluding tert-OH is 1. The molecule has 0 bridgehead atoms. The smallest absolute Gasteiger partial charge is 0.0983 e. The molecule has 62 valence electrons. The Balaban J connectivity index is 2.67. The van der Waals surface area contributed by atoms with Gasteiger partial charge in [0, 0.05) is 4.88 Å². The van der Waals surface area contributed by atoms with Gasteiger partial charge in [-0.1, -0.05) is 0 Å². The van der Waals surface area contributed by atoms with Crippen molar-refractivity contribution in [2.75, 3.05) is 6.54 Å². The molecule has 0 aliphatic rings. The van der Waals surface area contributed by atoms with Gasteiger partial charge in [-0.05, 0) is 19.9 Å². The molecule has 1 rings (SSSR count). The summed E-state index contributed by atoms with van der Waals surface area (Å²) in [6, 6.07) is 0. The van der Waals surface area contributed by atoms with Crippen LogP contribution in [0.4, 0.5) is 0 Å². The molecule has 1 unspecified atom stereocenters. The molecule has 3 nitrogen and oxygen atoms in total. The van der Waals surface area contributed by atoms with Gasteiger partial charge >= 0.3 is 0 Å². The van der Waals surface area contributed by atoms with Gasteiger partial charge in [0.1, 0.15) is 0 Å². The summed E-state index contributed by atoms with van der Waals surface area (Å²) in [5.41, 5.74) is 7.82. The molecule has 3 N–H and O–H groups in total. The van der Waals surface area contributed by atoms with Gasteiger partial charge in [0.15, 0.2) is 0 Å². The van der Waals surface area contributed by atoms with E-state index in [1.54, 1.807) is 16.8 Å². The van der Waals surface area contributed by atoms with Crippen LogP contribution in [0.15, 0.2) is 5.51 Å². The van der Waals surface area contributed by atoms with E-state index in [4.69, 9.17) is 5.73 Å². The van der Waals surface area contributed by atoms with Crippen LogP contribution in [0.5, 0.6) is 0 Å². The fraction of sp³-hybridized carbons (Fsp3) is 0.571. The van der Waals surface area contributed by atoms with E-state index in [-0.39, 0.29) is 0 Å². The molecular formula is C7H12N2OS. The van der Waals surface area contributed by atoms with Gasteiger partial charge in [-0.25, -0.2) is 4.98 Å². The highest BCUT2D eigenvalue weighted by molar-refractivity contribution is 7.09. The second-order valence-electron chi connectivity index (χ2n) is 2.39. The SMILES string of the molecule is Cc1scnc1C(O)CCN. The van der Waals surface area contributed by atoms with E-state index in [9.17, 15) is 5.11 Å². The Hall–Kier alpha value is -0.450. The van der Waals surface area contributed by atoms with Gasteiger partial charge in [-0.15, -0.1) is 11.3 Å². The van der Waals surface area contributed by atoms with Crippen LogP contribution in [0.25, 0.3) is 0 Å². The van der Waals surface area contributed by atoms with Crippen molar-refractivity contribution in [3.05, 3.63) is 16.1 Å². The van der Waals surface area contributed by atoms with E-state index in [2.05, 4.69) is 4.98 Å². The molecular weight excluding hydrogens is 160 g/mol. The molecule has 1 atom stereocenters. The zero-order chi connectivity index (χ0) is 8.27. The van der Waals surface area contributed by atoms with E-state index in [0.717, 1.165) is 10.6 Å². The molecule has 11 heavy (non-hydrogen) atoms. The fourth-order valence-corrected chi connectivity index (χ4v) is 1.56. The number of rotatable bonds is 3. The largest absolute Gasteiger partial charge is 0.387 e. The molecule has 0 aliphatic heterocycles. The average Bonchev–Trinajstić information content (AvgIpc) is 2.36. The summed E-state index contributed by atoms with van der Waals surface area (Å²) in [4.78, 5) is 5.12. The number of aryl methyl sites for hydroxylation is 1. The highest BCUT2D eigenvalue weighted by Gasteiger charge is 2.11. The van der Waals surface area contributed by atoms with Crippen LogP contribution in [0.1, 0.15) is 23.1 Å². The Morgan fingerprint density at radius 2 is 2.55 bits per heavy atom. The summed E-state index contributed by atoms with van der Waals surface area (Å²) < 4.78 is 0. The van der Waals surface area contributed by atoms with Crippen molar-refractivity contribution in [3.63, 3.8) is 0 Å². The minimum Gasteiger partial charge on any atom is -0.387 e. The molecule has 0 fully saturated rings. The van der Waals surface area contributed by atoms with Gasteiger partial charge in [0.05, 0.1) is 17.3 Å². The number of aliphatic hydroxyl groups is 1. The monoisotopic (exact) mass is 172 g/mol. The Bertz CT molecular complexity index is 224. The van der Waals surface area contributed by atoms with Crippen molar-refractivity contribution >= 4 is 11.3 Å². The third-order valence-corrected chi connectivity index (χ3v) is 2.31. The first-order chi connectivity index (χ1) is 5.25. The van der Waals surface area contributed by atoms with E-state index >= 15 is 0 Å². The third-order valence-electron chi connectivity index (χ3n) is 1.54. The maximum absolute atomic E-state index is 9.45. The van der Waals surface area contributed by atoms with Crippen LogP contribution in [-0.4, -0.2) is 16.6 Å². The van der Waals surface area contributed by atoms with Crippen LogP contribution in [0.3, 0.4) is 0 Å². The van der Waals surface area contributed by atoms with Gasteiger partial charge in [0.25, 0.3) is 0 Å². The Kier molecular flexibility index (Phi) is 2.99. The van der Waals surface area contributed by atoms with Crippen molar-refractivity contribution in [2.24, 2.45) is 5.73 Å². The first-order valence-electron chi connectivity index (χ1n) is 3.54. The minimum absolute atomic E-state index is 0.480. The molecule has 0 aromatic carbocycles. The van der Waals surface area contributed by atoms with Crippen molar-refractivity contribution < 1.29 is 5.11 Å². The molecule has 1 aromatic rings. The first kappa shape index (κ1) is 8.64. The van der Waals surface area contributed by atoms with Crippen LogP contribution < -0.4 is 5.73 Å². The van der Waals surface area contributed by atoms with Crippen LogP contribution >= 0.6 is 11.3 Å². The molecule has 0 spiro atoms. The van der Waals surface area contributed by atoms with Gasteiger partial charge < -0.3 is 10.8 Å². The first-order valence-corrected chi connectivity index (χ1v) is 4.41. The predicted octanol–water partition coefficient (Wildman–Crippen LogP) is 0.834. The van der Waals surface area contributed by atoms with Gasteiger partial charge in [-0.2, -0.15) is 0 Å². The number of hydrogen-bond acceptors (Lipinski definition) is 4. The number of nitrogens with zero attached hydrogens (tertiary/aromatic N) is 1. The lowest BCUT2D eigenvalue weighted by atomic mass is 10.2. The molecule has 4 heteroatoms. The number of thiazole rings is 1. The second-order valence-corrected chi connectivity index (χ2v) is 3.45. The molecule has 0 saturated carbocycles. The average molecular weight is 172 g/mol. The highest BCUT2D eigenvalue weighted by Crippen LogP contribution is 2.20. The number of hydrogen-bond donors (Lipinski definition) is 2. The summed E-state index contributed by atoms with van der Waals surface area (Å²) in [7, 11) is 0. The molecule has 1 aromatic heterocycles.